The summed E-state index contributed by atoms with van der Waals surface area (Å²) in [6.07, 6.45) is 1.63. The number of furan rings is 1. The van der Waals surface area contributed by atoms with Crippen molar-refractivity contribution in [3.8, 4) is 0 Å². The van der Waals surface area contributed by atoms with E-state index in [1.54, 1.807) is 6.26 Å². The Kier molecular flexibility index (Phi) is 4.67. The number of anilines is 1. The number of hydrogen-bond donors (Lipinski definition) is 0. The topological polar surface area (TPSA) is 56.3 Å². The molecule has 0 amide bonds. The Morgan fingerprint density at radius 3 is 2.71 bits per heavy atom. The van der Waals surface area contributed by atoms with Crippen molar-refractivity contribution >= 4 is 5.95 Å². The maximum Gasteiger partial charge on any atom is 0.227 e. The first kappa shape index (κ1) is 17.0. The first-order valence-electron chi connectivity index (χ1n) is 8.70. The van der Waals surface area contributed by atoms with Gasteiger partial charge in [-0.1, -0.05) is 34.6 Å². The van der Waals surface area contributed by atoms with Crippen LogP contribution >= 0.6 is 0 Å². The monoisotopic (exact) mass is 332 g/mol. The van der Waals surface area contributed by atoms with Gasteiger partial charge in [0.15, 0.2) is 0 Å². The summed E-state index contributed by atoms with van der Waals surface area (Å²) in [6, 6.07) is 3.87. The molecule has 1 aliphatic heterocycles. The quantitative estimate of drug-likeness (QED) is 0.859. The number of nitrogens with zero attached hydrogens (tertiary/aromatic N) is 4. The van der Waals surface area contributed by atoms with E-state index in [0.717, 1.165) is 37.2 Å². The predicted molar refractivity (Wildman–Crippen MR) is 93.2 cm³/mol. The minimum absolute atomic E-state index is 0.0349. The zero-order valence-corrected chi connectivity index (χ0v) is 15.3. The summed E-state index contributed by atoms with van der Waals surface area (Å²) in [5.74, 6) is 3.37. The highest BCUT2D eigenvalue weighted by molar-refractivity contribution is 5.34. The molecule has 24 heavy (non-hydrogen) atoms. The number of rotatable bonds is 4. The summed E-state index contributed by atoms with van der Waals surface area (Å²) in [7, 11) is 0. The van der Waals surface area contributed by atoms with Crippen molar-refractivity contribution in [2.24, 2.45) is 5.92 Å². The van der Waals surface area contributed by atoms with Crippen molar-refractivity contribution in [2.45, 2.75) is 52.7 Å². The minimum atomic E-state index is -0.0592. The van der Waals surface area contributed by atoms with E-state index in [0.29, 0.717) is 12.5 Å². The van der Waals surface area contributed by atoms with Crippen molar-refractivity contribution in [3.63, 3.8) is 0 Å². The molecular weight excluding hydrogens is 304 g/mol. The molecule has 1 atom stereocenters. The van der Waals surface area contributed by atoms with E-state index in [2.05, 4.69) is 54.3 Å². The highest BCUT2D eigenvalue weighted by Crippen LogP contribution is 2.29. The van der Waals surface area contributed by atoms with E-state index in [1.807, 2.05) is 12.1 Å². The maximum absolute atomic E-state index is 5.88. The predicted octanol–water partition coefficient (Wildman–Crippen LogP) is 3.40. The van der Waals surface area contributed by atoms with E-state index in [1.165, 1.54) is 0 Å². The summed E-state index contributed by atoms with van der Waals surface area (Å²) in [6.45, 7) is 14.1. The van der Waals surface area contributed by atoms with Gasteiger partial charge >= 0.3 is 0 Å². The Balaban J connectivity index is 1.89. The Bertz CT molecular complexity index is 655. The maximum atomic E-state index is 5.88. The molecule has 0 saturated carbocycles. The van der Waals surface area contributed by atoms with Crippen LogP contribution in [0, 0.1) is 5.92 Å². The van der Waals surface area contributed by atoms with Gasteiger partial charge in [-0.25, -0.2) is 0 Å². The summed E-state index contributed by atoms with van der Waals surface area (Å²) in [5, 5.41) is 9.04. The van der Waals surface area contributed by atoms with Gasteiger partial charge in [-0.2, -0.15) is 0 Å². The zero-order valence-electron chi connectivity index (χ0n) is 15.3. The molecule has 0 aromatic carbocycles. The van der Waals surface area contributed by atoms with Crippen LogP contribution in [0.25, 0.3) is 0 Å². The van der Waals surface area contributed by atoms with E-state index in [9.17, 15) is 0 Å². The van der Waals surface area contributed by atoms with Gasteiger partial charge in [-0.3, -0.25) is 4.57 Å². The smallest absolute Gasteiger partial charge is 0.227 e. The van der Waals surface area contributed by atoms with Gasteiger partial charge < -0.3 is 14.1 Å². The fraction of sp³-hybridized carbons (Fsp3) is 0.667. The molecule has 2 aromatic rings. The highest BCUT2D eigenvalue weighted by atomic mass is 16.5. The van der Waals surface area contributed by atoms with Gasteiger partial charge in [0.05, 0.1) is 19.4 Å². The van der Waals surface area contributed by atoms with Gasteiger partial charge in [0.25, 0.3) is 0 Å². The van der Waals surface area contributed by atoms with Crippen LogP contribution in [0.1, 0.15) is 52.3 Å². The SMILES string of the molecule is CC(C)Cn1c(N2CCOC(c3ccco3)C2)nnc1C(C)(C)C. The van der Waals surface area contributed by atoms with Crippen LogP contribution < -0.4 is 4.90 Å². The summed E-state index contributed by atoms with van der Waals surface area (Å²) < 4.78 is 13.7. The lowest BCUT2D eigenvalue weighted by atomic mass is 9.95. The molecule has 2 aromatic heterocycles. The van der Waals surface area contributed by atoms with Crippen LogP contribution in [0.4, 0.5) is 5.95 Å². The molecule has 0 radical (unpaired) electrons. The first-order valence-corrected chi connectivity index (χ1v) is 8.70. The van der Waals surface area contributed by atoms with Crippen LogP contribution in [-0.2, 0) is 16.7 Å². The standard InChI is InChI=1S/C18H28N4O2/c1-13(2)11-22-16(18(3,4)5)19-20-17(22)21-8-10-24-15(12-21)14-7-6-9-23-14/h6-7,9,13,15H,8,10-12H2,1-5H3. The zero-order chi connectivity index (χ0) is 17.3. The third-order valence-corrected chi connectivity index (χ3v) is 4.16. The lowest BCUT2D eigenvalue weighted by molar-refractivity contribution is 0.0249. The van der Waals surface area contributed by atoms with E-state index < -0.39 is 0 Å². The lowest BCUT2D eigenvalue weighted by Crippen LogP contribution is -2.40. The van der Waals surface area contributed by atoms with Gasteiger partial charge in [0.1, 0.15) is 17.7 Å². The normalized spacial score (nSPS) is 19.2. The molecule has 0 bridgehead atoms. The molecule has 0 aliphatic carbocycles. The second kappa shape index (κ2) is 6.59. The van der Waals surface area contributed by atoms with Crippen molar-refractivity contribution < 1.29 is 9.15 Å². The van der Waals surface area contributed by atoms with Crippen molar-refractivity contribution in [2.75, 3.05) is 24.6 Å². The minimum Gasteiger partial charge on any atom is -0.467 e. The summed E-state index contributed by atoms with van der Waals surface area (Å²) in [4.78, 5) is 2.27. The molecule has 1 aliphatic rings. The van der Waals surface area contributed by atoms with Crippen molar-refractivity contribution in [1.29, 1.82) is 0 Å². The molecule has 0 spiro atoms. The van der Waals surface area contributed by atoms with Gasteiger partial charge in [0, 0.05) is 18.5 Å². The molecule has 6 heteroatoms. The van der Waals surface area contributed by atoms with Gasteiger partial charge in [0.2, 0.25) is 5.95 Å². The van der Waals surface area contributed by atoms with Crippen LogP contribution in [0.5, 0.6) is 0 Å². The average molecular weight is 332 g/mol. The molecule has 132 valence electrons. The molecule has 1 fully saturated rings. The van der Waals surface area contributed by atoms with Crippen LogP contribution in [0.3, 0.4) is 0 Å². The Hall–Kier alpha value is -1.82. The van der Waals surface area contributed by atoms with Crippen molar-refractivity contribution in [3.05, 3.63) is 30.0 Å². The fourth-order valence-corrected chi connectivity index (χ4v) is 3.09. The first-order chi connectivity index (χ1) is 11.4. The van der Waals surface area contributed by atoms with Crippen LogP contribution in [-0.4, -0.2) is 34.5 Å². The van der Waals surface area contributed by atoms with E-state index in [4.69, 9.17) is 9.15 Å². The molecule has 3 heterocycles. The van der Waals surface area contributed by atoms with E-state index in [-0.39, 0.29) is 11.5 Å². The summed E-state index contributed by atoms with van der Waals surface area (Å²) in [5.41, 5.74) is -0.0349. The van der Waals surface area contributed by atoms with Gasteiger partial charge in [-0.15, -0.1) is 10.2 Å². The van der Waals surface area contributed by atoms with Crippen LogP contribution in [0.15, 0.2) is 22.8 Å². The molecule has 1 saturated heterocycles. The molecule has 3 rings (SSSR count). The average Bonchev–Trinajstić information content (AvgIpc) is 3.15. The third-order valence-electron chi connectivity index (χ3n) is 4.16. The van der Waals surface area contributed by atoms with Crippen molar-refractivity contribution in [1.82, 2.24) is 14.8 Å². The molecule has 6 nitrogen and oxygen atoms in total. The summed E-state index contributed by atoms with van der Waals surface area (Å²) >= 11 is 0. The second-order valence-electron chi connectivity index (χ2n) is 7.90. The highest BCUT2D eigenvalue weighted by Gasteiger charge is 2.30. The number of morpholine rings is 1. The molecular formula is C18H28N4O2. The lowest BCUT2D eigenvalue weighted by Gasteiger charge is -2.33. The number of hydrogen-bond acceptors (Lipinski definition) is 5. The van der Waals surface area contributed by atoms with Crippen LogP contribution in [0.2, 0.25) is 0 Å². The Labute approximate surface area is 143 Å². The largest absolute Gasteiger partial charge is 0.467 e. The van der Waals surface area contributed by atoms with Gasteiger partial charge in [-0.05, 0) is 18.1 Å². The number of ether oxygens (including phenoxy) is 1. The molecule has 1 unspecified atom stereocenters. The Morgan fingerprint density at radius 2 is 2.08 bits per heavy atom. The number of aromatic nitrogens is 3. The fourth-order valence-electron chi connectivity index (χ4n) is 3.09. The Morgan fingerprint density at radius 1 is 1.29 bits per heavy atom. The molecule has 0 N–H and O–H groups in total. The second-order valence-corrected chi connectivity index (χ2v) is 7.90. The third kappa shape index (κ3) is 3.48. The van der Waals surface area contributed by atoms with E-state index >= 15 is 0 Å².